The zero-order valence-electron chi connectivity index (χ0n) is 14.4. The summed E-state index contributed by atoms with van der Waals surface area (Å²) in [6.07, 6.45) is 3.15. The van der Waals surface area contributed by atoms with Crippen LogP contribution < -0.4 is 16.4 Å². The van der Waals surface area contributed by atoms with Crippen molar-refractivity contribution in [3.63, 3.8) is 0 Å². The third-order valence-electron chi connectivity index (χ3n) is 4.47. The van der Waals surface area contributed by atoms with Gasteiger partial charge >= 0.3 is 0 Å². The maximum absolute atomic E-state index is 12.3. The fourth-order valence-electron chi connectivity index (χ4n) is 3.07. The van der Waals surface area contributed by atoms with Crippen LogP contribution in [-0.2, 0) is 24.2 Å². The number of benzene rings is 1. The zero-order valence-corrected chi connectivity index (χ0v) is 15.2. The number of aromatic nitrogens is 3. The number of carbonyl (C=O) groups excluding carboxylic acids is 2. The molecule has 3 aromatic rings. The number of hydrazine groups is 1. The maximum atomic E-state index is 12.3. The lowest BCUT2D eigenvalue weighted by Gasteiger charge is -2.07. The van der Waals surface area contributed by atoms with E-state index in [0.29, 0.717) is 15.8 Å². The first-order valence-electron chi connectivity index (χ1n) is 8.65. The van der Waals surface area contributed by atoms with Crippen LogP contribution in [-0.4, -0.2) is 26.8 Å². The molecule has 2 amide bonds. The molecule has 27 heavy (non-hydrogen) atoms. The summed E-state index contributed by atoms with van der Waals surface area (Å²) < 4.78 is 1.15. The van der Waals surface area contributed by atoms with Crippen molar-refractivity contribution in [2.75, 3.05) is 0 Å². The fraction of sp³-hybridized carbons (Fsp3) is 0.278. The first-order valence-corrected chi connectivity index (χ1v) is 9.47. The highest BCUT2D eigenvalue weighted by Gasteiger charge is 2.18. The van der Waals surface area contributed by atoms with Crippen molar-refractivity contribution in [1.82, 2.24) is 25.8 Å². The smallest absolute Gasteiger partial charge is 0.273 e. The maximum Gasteiger partial charge on any atom is 0.279 e. The van der Waals surface area contributed by atoms with Gasteiger partial charge in [-0.05, 0) is 43.0 Å². The van der Waals surface area contributed by atoms with Crippen LogP contribution >= 0.6 is 11.3 Å². The number of thiophene rings is 1. The Hall–Kier alpha value is -3.07. The molecule has 2 N–H and O–H groups in total. The summed E-state index contributed by atoms with van der Waals surface area (Å²) in [6, 6.07) is 8.79. The summed E-state index contributed by atoms with van der Waals surface area (Å²) in [5.41, 5.74) is 6.23. The van der Waals surface area contributed by atoms with Gasteiger partial charge in [-0.1, -0.05) is 17.3 Å². The van der Waals surface area contributed by atoms with E-state index < -0.39 is 5.91 Å². The molecule has 1 aliphatic carbocycles. The first kappa shape index (κ1) is 17.3. The van der Waals surface area contributed by atoms with Crippen LogP contribution in [0.4, 0.5) is 0 Å². The molecule has 0 fully saturated rings. The molecule has 138 valence electrons. The van der Waals surface area contributed by atoms with Crippen molar-refractivity contribution in [2.45, 2.75) is 32.2 Å². The van der Waals surface area contributed by atoms with E-state index in [4.69, 9.17) is 0 Å². The zero-order chi connectivity index (χ0) is 18.8. The quantitative estimate of drug-likeness (QED) is 0.659. The molecule has 0 unspecified atom stereocenters. The van der Waals surface area contributed by atoms with Crippen LogP contribution in [0, 0.1) is 0 Å². The molecule has 0 saturated heterocycles. The number of nitrogens with zero attached hydrogens (tertiary/aromatic N) is 3. The Bertz CT molecular complexity index is 1070. The molecule has 0 saturated carbocycles. The molecule has 1 aromatic carbocycles. The SMILES string of the molecule is O=C(CCn1nnc2ccccc2c1=O)NNC(=O)c1cc2c(s1)CCC2. The van der Waals surface area contributed by atoms with E-state index >= 15 is 0 Å². The lowest BCUT2D eigenvalue weighted by atomic mass is 10.2. The van der Waals surface area contributed by atoms with E-state index in [1.54, 1.807) is 24.3 Å². The summed E-state index contributed by atoms with van der Waals surface area (Å²) in [6.45, 7) is 0.0751. The molecule has 8 nitrogen and oxygen atoms in total. The van der Waals surface area contributed by atoms with Gasteiger partial charge in [0.15, 0.2) is 0 Å². The van der Waals surface area contributed by atoms with Gasteiger partial charge < -0.3 is 0 Å². The number of hydrogen-bond donors (Lipinski definition) is 2. The van der Waals surface area contributed by atoms with E-state index in [1.165, 1.54) is 21.8 Å². The topological polar surface area (TPSA) is 106 Å². The third-order valence-corrected chi connectivity index (χ3v) is 5.70. The summed E-state index contributed by atoms with van der Waals surface area (Å²) in [4.78, 5) is 38.3. The normalized spacial score (nSPS) is 12.7. The average Bonchev–Trinajstić information content (AvgIpc) is 3.28. The molecule has 0 bridgehead atoms. The molecule has 2 aromatic heterocycles. The second-order valence-corrected chi connectivity index (χ2v) is 7.44. The molecule has 1 aliphatic rings. The molecule has 4 rings (SSSR count). The number of carbonyl (C=O) groups is 2. The van der Waals surface area contributed by atoms with Crippen LogP contribution in [0.3, 0.4) is 0 Å². The monoisotopic (exact) mass is 383 g/mol. The lowest BCUT2D eigenvalue weighted by molar-refractivity contribution is -0.122. The van der Waals surface area contributed by atoms with E-state index in [-0.39, 0.29) is 24.4 Å². The highest BCUT2D eigenvalue weighted by molar-refractivity contribution is 7.14. The average molecular weight is 383 g/mol. The van der Waals surface area contributed by atoms with Crippen LogP contribution in [0.1, 0.15) is 33.0 Å². The number of aryl methyl sites for hydroxylation is 3. The predicted octanol–water partition coefficient (Wildman–Crippen LogP) is 1.19. The molecule has 2 heterocycles. The Morgan fingerprint density at radius 1 is 1.19 bits per heavy atom. The number of amides is 2. The van der Waals surface area contributed by atoms with Crippen molar-refractivity contribution < 1.29 is 9.59 Å². The van der Waals surface area contributed by atoms with Gasteiger partial charge in [-0.25, -0.2) is 4.68 Å². The Morgan fingerprint density at radius 2 is 2.04 bits per heavy atom. The molecule has 9 heteroatoms. The number of nitrogens with one attached hydrogen (secondary N) is 2. The standard InChI is InChI=1S/C18H17N5O3S/c24-16(20-21-17(25)15-10-11-4-3-7-14(11)27-15)8-9-23-18(26)12-5-1-2-6-13(12)19-22-23/h1-2,5-6,10H,3-4,7-9H2,(H,20,24)(H,21,25). The second kappa shape index (κ2) is 7.28. The van der Waals surface area contributed by atoms with Crippen molar-refractivity contribution in [1.29, 1.82) is 0 Å². The van der Waals surface area contributed by atoms with Gasteiger partial charge in [0, 0.05) is 11.3 Å². The summed E-state index contributed by atoms with van der Waals surface area (Å²) in [5.74, 6) is -0.736. The van der Waals surface area contributed by atoms with Gasteiger partial charge in [-0.2, -0.15) is 0 Å². The van der Waals surface area contributed by atoms with Crippen LogP contribution in [0.15, 0.2) is 35.1 Å². The van der Waals surface area contributed by atoms with Gasteiger partial charge in [0.1, 0.15) is 5.52 Å². The minimum atomic E-state index is -0.408. The molecule has 0 radical (unpaired) electrons. The molecular weight excluding hydrogens is 366 g/mol. The minimum absolute atomic E-state index is 0.00581. The van der Waals surface area contributed by atoms with E-state index in [1.807, 2.05) is 6.07 Å². The van der Waals surface area contributed by atoms with Crippen LogP contribution in [0.5, 0.6) is 0 Å². The highest BCUT2D eigenvalue weighted by atomic mass is 32.1. The summed E-state index contributed by atoms with van der Waals surface area (Å²) in [5, 5.41) is 8.26. The van der Waals surface area contributed by atoms with Gasteiger partial charge in [0.05, 0.1) is 16.8 Å². The Morgan fingerprint density at radius 3 is 2.89 bits per heavy atom. The van der Waals surface area contributed by atoms with Crippen LogP contribution in [0.25, 0.3) is 10.9 Å². The second-order valence-electron chi connectivity index (χ2n) is 6.30. The van der Waals surface area contributed by atoms with E-state index in [0.717, 1.165) is 23.9 Å². The Balaban J connectivity index is 1.32. The summed E-state index contributed by atoms with van der Waals surface area (Å²) >= 11 is 1.47. The fourth-order valence-corrected chi connectivity index (χ4v) is 4.22. The first-order chi connectivity index (χ1) is 13.1. The Kier molecular flexibility index (Phi) is 4.68. The Labute approximate surface area is 158 Å². The van der Waals surface area contributed by atoms with Crippen LogP contribution in [0.2, 0.25) is 0 Å². The predicted molar refractivity (Wildman–Crippen MR) is 100 cm³/mol. The minimum Gasteiger partial charge on any atom is -0.273 e. The van der Waals surface area contributed by atoms with Gasteiger partial charge in [-0.3, -0.25) is 25.2 Å². The van der Waals surface area contributed by atoms with Crippen molar-refractivity contribution >= 4 is 34.1 Å². The van der Waals surface area contributed by atoms with Gasteiger partial charge in [0.25, 0.3) is 11.5 Å². The number of rotatable bonds is 4. The summed E-state index contributed by atoms with van der Waals surface area (Å²) in [7, 11) is 0. The molecule has 0 atom stereocenters. The third kappa shape index (κ3) is 3.59. The van der Waals surface area contributed by atoms with Gasteiger partial charge in [-0.15, -0.1) is 16.4 Å². The van der Waals surface area contributed by atoms with Crippen molar-refractivity contribution in [3.8, 4) is 0 Å². The highest BCUT2D eigenvalue weighted by Crippen LogP contribution is 2.30. The molecule has 0 spiro atoms. The van der Waals surface area contributed by atoms with E-state index in [2.05, 4.69) is 21.2 Å². The van der Waals surface area contributed by atoms with Crippen molar-refractivity contribution in [2.24, 2.45) is 0 Å². The lowest BCUT2D eigenvalue weighted by Crippen LogP contribution is -2.42. The largest absolute Gasteiger partial charge is 0.279 e. The van der Waals surface area contributed by atoms with E-state index in [9.17, 15) is 14.4 Å². The van der Waals surface area contributed by atoms with Gasteiger partial charge in [0.2, 0.25) is 5.91 Å². The van der Waals surface area contributed by atoms with Crippen molar-refractivity contribution in [3.05, 3.63) is 56.0 Å². The molecule has 0 aliphatic heterocycles. The molecular formula is C18H17N5O3S. The number of hydrogen-bond acceptors (Lipinski definition) is 6. The number of fused-ring (bicyclic) bond motifs is 2.